The molecule has 2 fully saturated rings. The molecular weight excluding hydrogens is 330 g/mol. The molecule has 2 aliphatic rings. The van der Waals surface area contributed by atoms with E-state index >= 15 is 0 Å². The zero-order valence-corrected chi connectivity index (χ0v) is 14.4. The van der Waals surface area contributed by atoms with Gasteiger partial charge in [0.15, 0.2) is 0 Å². The molecule has 1 aromatic heterocycles. The van der Waals surface area contributed by atoms with Gasteiger partial charge >= 0.3 is 0 Å². The average molecular weight is 354 g/mol. The highest BCUT2D eigenvalue weighted by Crippen LogP contribution is 2.31. The maximum atomic E-state index is 4.74. The van der Waals surface area contributed by atoms with Crippen LogP contribution in [0, 0.1) is 0 Å². The van der Waals surface area contributed by atoms with Crippen molar-refractivity contribution in [3.63, 3.8) is 0 Å². The lowest BCUT2D eigenvalue weighted by molar-refractivity contribution is 0.202. The summed E-state index contributed by atoms with van der Waals surface area (Å²) in [5.41, 5.74) is 0. The molecule has 116 valence electrons. The summed E-state index contributed by atoms with van der Waals surface area (Å²) in [6.07, 6.45) is 5.59. The second kappa shape index (κ2) is 6.48. The number of rotatable bonds is 4. The Labute approximate surface area is 135 Å². The molecule has 5 nitrogen and oxygen atoms in total. The van der Waals surface area contributed by atoms with Gasteiger partial charge in [-0.3, -0.25) is 4.90 Å². The molecular formula is C15H24BrN5. The Kier molecular flexibility index (Phi) is 4.64. The van der Waals surface area contributed by atoms with Gasteiger partial charge in [0.05, 0.1) is 4.47 Å². The van der Waals surface area contributed by atoms with Crippen LogP contribution in [0.4, 0.5) is 11.8 Å². The van der Waals surface area contributed by atoms with Crippen molar-refractivity contribution >= 4 is 27.7 Å². The van der Waals surface area contributed by atoms with Crippen molar-refractivity contribution in [1.82, 2.24) is 14.9 Å². The summed E-state index contributed by atoms with van der Waals surface area (Å²) >= 11 is 3.63. The Morgan fingerprint density at radius 2 is 2.29 bits per heavy atom. The van der Waals surface area contributed by atoms with Gasteiger partial charge in [0.25, 0.3) is 0 Å². The van der Waals surface area contributed by atoms with E-state index in [1.54, 1.807) is 0 Å². The molecule has 0 aromatic carbocycles. The highest BCUT2D eigenvalue weighted by molar-refractivity contribution is 9.10. The summed E-state index contributed by atoms with van der Waals surface area (Å²) in [5.74, 6) is 1.76. The van der Waals surface area contributed by atoms with Crippen LogP contribution in [-0.4, -0.2) is 53.1 Å². The highest BCUT2D eigenvalue weighted by atomic mass is 79.9. The molecule has 0 aliphatic carbocycles. The Balaban J connectivity index is 1.81. The lowest BCUT2D eigenvalue weighted by atomic mass is 10.1. The maximum absolute atomic E-state index is 4.74. The lowest BCUT2D eigenvalue weighted by Crippen LogP contribution is -2.55. The topological polar surface area (TPSA) is 44.3 Å². The Morgan fingerprint density at radius 1 is 1.43 bits per heavy atom. The van der Waals surface area contributed by atoms with Crippen molar-refractivity contribution in [3.8, 4) is 0 Å². The number of aromatic nitrogens is 2. The van der Waals surface area contributed by atoms with E-state index < -0.39 is 0 Å². The van der Waals surface area contributed by atoms with Gasteiger partial charge in [-0.25, -0.2) is 4.98 Å². The number of fused-ring (bicyclic) bond motifs is 1. The summed E-state index contributed by atoms with van der Waals surface area (Å²) in [6, 6.07) is 1.18. The predicted octanol–water partition coefficient (Wildman–Crippen LogP) is 2.73. The third-order valence-corrected chi connectivity index (χ3v) is 5.03. The van der Waals surface area contributed by atoms with Crippen LogP contribution in [0.1, 0.15) is 33.1 Å². The van der Waals surface area contributed by atoms with E-state index in [1.807, 2.05) is 6.20 Å². The summed E-state index contributed by atoms with van der Waals surface area (Å²) in [6.45, 7) is 8.82. The molecule has 2 aliphatic heterocycles. The molecule has 2 unspecified atom stereocenters. The minimum absolute atomic E-state index is 0.490. The molecule has 6 heteroatoms. The third kappa shape index (κ3) is 3.16. The number of halogens is 1. The average Bonchev–Trinajstić information content (AvgIpc) is 2.93. The quantitative estimate of drug-likeness (QED) is 0.901. The standard InChI is InChI=1S/C15H24BrN5/c1-3-6-17-15-18-8-13(16)14(19-15)21-10-12-5-4-7-20(12)9-11(21)2/h8,11-12H,3-7,9-10H2,1-2H3,(H,17,18,19). The lowest BCUT2D eigenvalue weighted by Gasteiger charge is -2.43. The third-order valence-electron chi connectivity index (χ3n) is 4.47. The van der Waals surface area contributed by atoms with E-state index in [1.165, 1.54) is 19.4 Å². The van der Waals surface area contributed by atoms with Gasteiger partial charge in [0, 0.05) is 37.9 Å². The maximum Gasteiger partial charge on any atom is 0.224 e. The first-order valence-electron chi connectivity index (χ1n) is 7.96. The SMILES string of the molecule is CCCNc1ncc(Br)c(N2CC3CCCN3CC2C)n1. The second-order valence-corrected chi connectivity index (χ2v) is 6.94. The van der Waals surface area contributed by atoms with Crippen LogP contribution in [0.2, 0.25) is 0 Å². The highest BCUT2D eigenvalue weighted by Gasteiger charge is 2.35. The largest absolute Gasteiger partial charge is 0.354 e. The van der Waals surface area contributed by atoms with Crippen LogP contribution in [0.15, 0.2) is 10.7 Å². The zero-order chi connectivity index (χ0) is 14.8. The van der Waals surface area contributed by atoms with Crippen LogP contribution < -0.4 is 10.2 Å². The summed E-state index contributed by atoms with van der Waals surface area (Å²) in [5, 5.41) is 3.28. The minimum atomic E-state index is 0.490. The molecule has 0 radical (unpaired) electrons. The Morgan fingerprint density at radius 3 is 3.10 bits per heavy atom. The van der Waals surface area contributed by atoms with Crippen LogP contribution in [0.3, 0.4) is 0 Å². The Bertz CT molecular complexity index is 495. The van der Waals surface area contributed by atoms with Crippen molar-refractivity contribution in [2.45, 2.75) is 45.2 Å². The number of nitrogens with one attached hydrogen (secondary N) is 1. The van der Waals surface area contributed by atoms with E-state index in [-0.39, 0.29) is 0 Å². The van der Waals surface area contributed by atoms with Gasteiger partial charge in [-0.05, 0) is 48.7 Å². The summed E-state index contributed by atoms with van der Waals surface area (Å²) < 4.78 is 0.989. The smallest absolute Gasteiger partial charge is 0.224 e. The number of hydrogen-bond donors (Lipinski definition) is 1. The normalized spacial score (nSPS) is 26.0. The van der Waals surface area contributed by atoms with Gasteiger partial charge in [-0.15, -0.1) is 0 Å². The monoisotopic (exact) mass is 353 g/mol. The minimum Gasteiger partial charge on any atom is -0.354 e. The van der Waals surface area contributed by atoms with E-state index in [2.05, 4.69) is 49.9 Å². The fraction of sp³-hybridized carbons (Fsp3) is 0.733. The van der Waals surface area contributed by atoms with Crippen LogP contribution >= 0.6 is 15.9 Å². The van der Waals surface area contributed by atoms with Crippen LogP contribution in [0.25, 0.3) is 0 Å². The fourth-order valence-electron chi connectivity index (χ4n) is 3.36. The number of nitrogens with zero attached hydrogens (tertiary/aromatic N) is 4. The van der Waals surface area contributed by atoms with Crippen LogP contribution in [0.5, 0.6) is 0 Å². The van der Waals surface area contributed by atoms with Crippen molar-refractivity contribution < 1.29 is 0 Å². The van der Waals surface area contributed by atoms with Crippen molar-refractivity contribution in [1.29, 1.82) is 0 Å². The molecule has 0 spiro atoms. The van der Waals surface area contributed by atoms with E-state index in [0.29, 0.717) is 12.1 Å². The molecule has 0 saturated carbocycles. The van der Waals surface area contributed by atoms with Gasteiger partial charge in [-0.2, -0.15) is 4.98 Å². The molecule has 3 rings (SSSR count). The Hall–Kier alpha value is -0.880. The van der Waals surface area contributed by atoms with Crippen molar-refractivity contribution in [3.05, 3.63) is 10.7 Å². The molecule has 1 N–H and O–H groups in total. The molecule has 0 amide bonds. The van der Waals surface area contributed by atoms with Crippen LogP contribution in [-0.2, 0) is 0 Å². The van der Waals surface area contributed by atoms with E-state index in [0.717, 1.165) is 42.3 Å². The molecule has 2 atom stereocenters. The molecule has 2 saturated heterocycles. The number of anilines is 2. The van der Waals surface area contributed by atoms with Gasteiger partial charge in [0.1, 0.15) is 5.82 Å². The number of hydrogen-bond acceptors (Lipinski definition) is 5. The molecule has 21 heavy (non-hydrogen) atoms. The first-order valence-corrected chi connectivity index (χ1v) is 8.75. The van der Waals surface area contributed by atoms with Crippen molar-refractivity contribution in [2.75, 3.05) is 36.4 Å². The second-order valence-electron chi connectivity index (χ2n) is 6.08. The summed E-state index contributed by atoms with van der Waals surface area (Å²) in [7, 11) is 0. The zero-order valence-electron chi connectivity index (χ0n) is 12.8. The fourth-order valence-corrected chi connectivity index (χ4v) is 3.78. The van der Waals surface area contributed by atoms with Crippen molar-refractivity contribution in [2.24, 2.45) is 0 Å². The van der Waals surface area contributed by atoms with E-state index in [4.69, 9.17) is 4.98 Å². The molecule has 1 aromatic rings. The first kappa shape index (κ1) is 15.0. The van der Waals surface area contributed by atoms with E-state index in [9.17, 15) is 0 Å². The van der Waals surface area contributed by atoms with Gasteiger partial charge in [0.2, 0.25) is 5.95 Å². The summed E-state index contributed by atoms with van der Waals surface area (Å²) in [4.78, 5) is 14.2. The number of piperazine rings is 1. The first-order chi connectivity index (χ1) is 10.2. The molecule has 3 heterocycles. The van der Waals surface area contributed by atoms with Gasteiger partial charge < -0.3 is 10.2 Å². The molecule has 0 bridgehead atoms. The predicted molar refractivity (Wildman–Crippen MR) is 89.9 cm³/mol. The van der Waals surface area contributed by atoms with Gasteiger partial charge in [-0.1, -0.05) is 6.92 Å².